The SMILES string of the molecule is Cc1cc(C(N)=O)c(-c2cccc(OC(=O)NCCCN3CCN(c4ccccc4)CC3)c2)o1. The lowest BCUT2D eigenvalue weighted by Crippen LogP contribution is -2.47. The van der Waals surface area contributed by atoms with Crippen LogP contribution in [0, 0.1) is 6.92 Å². The lowest BCUT2D eigenvalue weighted by Gasteiger charge is -2.36. The van der Waals surface area contributed by atoms with Gasteiger partial charge in [-0.15, -0.1) is 0 Å². The lowest BCUT2D eigenvalue weighted by atomic mass is 10.1. The van der Waals surface area contributed by atoms with Crippen molar-refractivity contribution in [2.24, 2.45) is 5.73 Å². The molecule has 0 atom stereocenters. The van der Waals surface area contributed by atoms with Gasteiger partial charge in [-0.2, -0.15) is 0 Å². The fraction of sp³-hybridized carbons (Fsp3) is 0.308. The topological polar surface area (TPSA) is 101 Å². The molecule has 2 aromatic carbocycles. The maximum Gasteiger partial charge on any atom is 0.412 e. The largest absolute Gasteiger partial charge is 0.461 e. The molecule has 8 nitrogen and oxygen atoms in total. The van der Waals surface area contributed by atoms with Gasteiger partial charge in [-0.3, -0.25) is 9.69 Å². The zero-order valence-electron chi connectivity index (χ0n) is 19.3. The summed E-state index contributed by atoms with van der Waals surface area (Å²) in [6.07, 6.45) is 0.325. The fourth-order valence-electron chi connectivity index (χ4n) is 4.12. The van der Waals surface area contributed by atoms with Crippen molar-refractivity contribution in [3.63, 3.8) is 0 Å². The summed E-state index contributed by atoms with van der Waals surface area (Å²) in [6.45, 7) is 7.21. The highest BCUT2D eigenvalue weighted by Crippen LogP contribution is 2.29. The van der Waals surface area contributed by atoms with Crippen molar-refractivity contribution >= 4 is 17.7 Å². The number of amides is 2. The number of hydrogen-bond acceptors (Lipinski definition) is 6. The molecule has 34 heavy (non-hydrogen) atoms. The molecule has 1 aliphatic heterocycles. The first kappa shape index (κ1) is 23.4. The number of furan rings is 1. The van der Waals surface area contributed by atoms with E-state index in [0.29, 0.717) is 34.9 Å². The van der Waals surface area contributed by atoms with Crippen molar-refractivity contribution in [3.8, 4) is 17.1 Å². The molecule has 8 heteroatoms. The molecule has 0 bridgehead atoms. The smallest absolute Gasteiger partial charge is 0.412 e. The number of carbonyl (C=O) groups excluding carboxylic acids is 2. The van der Waals surface area contributed by atoms with Gasteiger partial charge in [0.05, 0.1) is 5.56 Å². The standard InChI is InChI=1S/C26H30N4O4/c1-19-17-23(25(27)31)24(33-19)20-7-5-10-22(18-20)34-26(32)28-11-6-12-29-13-15-30(16-14-29)21-8-3-2-4-9-21/h2-5,7-10,17-18H,6,11-16H2,1H3,(H2,27,31)(H,28,32). The molecule has 0 saturated carbocycles. The quantitative estimate of drug-likeness (QED) is 0.496. The molecule has 1 aliphatic rings. The molecule has 178 valence electrons. The highest BCUT2D eigenvalue weighted by molar-refractivity contribution is 5.98. The van der Waals surface area contributed by atoms with Crippen LogP contribution >= 0.6 is 0 Å². The van der Waals surface area contributed by atoms with Crippen LogP contribution < -0.4 is 20.7 Å². The molecule has 4 rings (SSSR count). The third-order valence-corrected chi connectivity index (χ3v) is 5.84. The molecule has 1 saturated heterocycles. The number of para-hydroxylation sites is 1. The summed E-state index contributed by atoms with van der Waals surface area (Å²) >= 11 is 0. The molecular formula is C26H30N4O4. The van der Waals surface area contributed by atoms with Gasteiger partial charge in [-0.25, -0.2) is 4.79 Å². The van der Waals surface area contributed by atoms with Crippen molar-refractivity contribution in [2.45, 2.75) is 13.3 Å². The van der Waals surface area contributed by atoms with Crippen LogP contribution in [0.1, 0.15) is 22.5 Å². The van der Waals surface area contributed by atoms with E-state index in [-0.39, 0.29) is 0 Å². The zero-order chi connectivity index (χ0) is 23.9. The van der Waals surface area contributed by atoms with E-state index in [0.717, 1.165) is 39.1 Å². The Bertz CT molecular complexity index is 1120. The van der Waals surface area contributed by atoms with Gasteiger partial charge in [-0.05, 0) is 50.2 Å². The molecular weight excluding hydrogens is 432 g/mol. The predicted molar refractivity (Wildman–Crippen MR) is 131 cm³/mol. The average molecular weight is 463 g/mol. The minimum atomic E-state index is -0.572. The number of carbonyl (C=O) groups is 2. The summed E-state index contributed by atoms with van der Waals surface area (Å²) in [6, 6.07) is 18.9. The van der Waals surface area contributed by atoms with Gasteiger partial charge >= 0.3 is 6.09 Å². The van der Waals surface area contributed by atoms with E-state index < -0.39 is 12.0 Å². The summed E-state index contributed by atoms with van der Waals surface area (Å²) in [7, 11) is 0. The second-order valence-corrected chi connectivity index (χ2v) is 8.33. The van der Waals surface area contributed by atoms with Crippen LogP contribution in [0.15, 0.2) is 65.1 Å². The van der Waals surface area contributed by atoms with Gasteiger partial charge in [0, 0.05) is 44.0 Å². The van der Waals surface area contributed by atoms with E-state index >= 15 is 0 Å². The van der Waals surface area contributed by atoms with E-state index in [2.05, 4.69) is 39.4 Å². The number of piperazine rings is 1. The third kappa shape index (κ3) is 5.96. The highest BCUT2D eigenvalue weighted by atomic mass is 16.6. The summed E-state index contributed by atoms with van der Waals surface area (Å²) in [4.78, 5) is 28.7. The van der Waals surface area contributed by atoms with Crippen molar-refractivity contribution in [1.82, 2.24) is 10.2 Å². The Kier molecular flexibility index (Phi) is 7.49. The Hall–Kier alpha value is -3.78. The fourth-order valence-corrected chi connectivity index (χ4v) is 4.12. The Morgan fingerprint density at radius 2 is 1.79 bits per heavy atom. The number of hydrogen-bond donors (Lipinski definition) is 2. The molecule has 0 radical (unpaired) electrons. The first-order valence-electron chi connectivity index (χ1n) is 11.5. The van der Waals surface area contributed by atoms with E-state index in [1.807, 2.05) is 6.07 Å². The van der Waals surface area contributed by atoms with Crippen LogP contribution in [0.2, 0.25) is 0 Å². The molecule has 3 N–H and O–H groups in total. The zero-order valence-corrected chi connectivity index (χ0v) is 19.3. The van der Waals surface area contributed by atoms with Gasteiger partial charge < -0.3 is 25.1 Å². The third-order valence-electron chi connectivity index (χ3n) is 5.84. The normalized spacial score (nSPS) is 14.1. The molecule has 2 amide bonds. The lowest BCUT2D eigenvalue weighted by molar-refractivity contribution is 0.100. The molecule has 0 spiro atoms. The van der Waals surface area contributed by atoms with E-state index in [4.69, 9.17) is 14.9 Å². The molecule has 1 aromatic heterocycles. The van der Waals surface area contributed by atoms with Crippen molar-refractivity contribution in [3.05, 3.63) is 72.0 Å². The summed E-state index contributed by atoms with van der Waals surface area (Å²) in [5.41, 5.74) is 7.61. The van der Waals surface area contributed by atoms with Gasteiger partial charge in [0.15, 0.2) is 0 Å². The molecule has 2 heterocycles. The first-order valence-corrected chi connectivity index (χ1v) is 11.5. The van der Waals surface area contributed by atoms with Crippen LogP contribution in [-0.2, 0) is 0 Å². The number of nitrogens with one attached hydrogen (secondary N) is 1. The van der Waals surface area contributed by atoms with Crippen LogP contribution in [0.25, 0.3) is 11.3 Å². The Morgan fingerprint density at radius 3 is 2.53 bits per heavy atom. The average Bonchev–Trinajstić information content (AvgIpc) is 3.25. The monoisotopic (exact) mass is 462 g/mol. The predicted octanol–water partition coefficient (Wildman–Crippen LogP) is 3.65. The number of primary amides is 1. The number of anilines is 1. The van der Waals surface area contributed by atoms with Crippen molar-refractivity contribution < 1.29 is 18.7 Å². The second kappa shape index (κ2) is 10.9. The van der Waals surface area contributed by atoms with Crippen LogP contribution in [-0.4, -0.2) is 56.2 Å². The van der Waals surface area contributed by atoms with Crippen LogP contribution in [0.5, 0.6) is 5.75 Å². The number of nitrogens with two attached hydrogens (primary N) is 1. The van der Waals surface area contributed by atoms with Gasteiger partial charge in [0.2, 0.25) is 0 Å². The maximum absolute atomic E-state index is 12.2. The number of aryl methyl sites for hydroxylation is 1. The highest BCUT2D eigenvalue weighted by Gasteiger charge is 2.18. The molecule has 1 fully saturated rings. The summed E-state index contributed by atoms with van der Waals surface area (Å²) in [5.74, 6) is 0.728. The van der Waals surface area contributed by atoms with E-state index in [1.165, 1.54) is 5.69 Å². The van der Waals surface area contributed by atoms with E-state index in [1.54, 1.807) is 37.3 Å². The number of nitrogens with zero attached hydrogens (tertiary/aromatic N) is 2. The van der Waals surface area contributed by atoms with Crippen LogP contribution in [0.3, 0.4) is 0 Å². The number of rotatable bonds is 8. The van der Waals surface area contributed by atoms with E-state index in [9.17, 15) is 9.59 Å². The van der Waals surface area contributed by atoms with Gasteiger partial charge in [-0.1, -0.05) is 30.3 Å². The van der Waals surface area contributed by atoms with Crippen molar-refractivity contribution in [2.75, 3.05) is 44.2 Å². The Morgan fingerprint density at radius 1 is 1.03 bits per heavy atom. The second-order valence-electron chi connectivity index (χ2n) is 8.33. The summed E-state index contributed by atoms with van der Waals surface area (Å²) < 4.78 is 11.0. The summed E-state index contributed by atoms with van der Waals surface area (Å²) in [5, 5.41) is 2.80. The first-order chi connectivity index (χ1) is 16.5. The van der Waals surface area contributed by atoms with Crippen LogP contribution in [0.4, 0.5) is 10.5 Å². The number of ether oxygens (including phenoxy) is 1. The minimum absolute atomic E-state index is 0.295. The number of benzene rings is 2. The minimum Gasteiger partial charge on any atom is -0.461 e. The molecule has 3 aromatic rings. The maximum atomic E-state index is 12.2. The van der Waals surface area contributed by atoms with Gasteiger partial charge in [0.25, 0.3) is 5.91 Å². The molecule has 0 aliphatic carbocycles. The Labute approximate surface area is 199 Å². The van der Waals surface area contributed by atoms with Crippen molar-refractivity contribution in [1.29, 1.82) is 0 Å². The van der Waals surface area contributed by atoms with Gasteiger partial charge in [0.1, 0.15) is 17.3 Å². The Balaban J connectivity index is 1.20. The molecule has 0 unspecified atom stereocenters.